The first-order valence-electron chi connectivity index (χ1n) is 7.62. The average Bonchev–Trinajstić information content (AvgIpc) is 2.56. The number of nitrogens with zero attached hydrogens (tertiary/aromatic N) is 2. The second-order valence-electron chi connectivity index (χ2n) is 5.41. The zero-order valence-corrected chi connectivity index (χ0v) is 14.0. The highest BCUT2D eigenvalue weighted by Crippen LogP contribution is 2.21. The molecule has 0 atom stereocenters. The standard InChI is InChI=1S/C16H23N3O2S/c1-3-10-22-17-15-5-4-14(11-13(15)2)16(21)19-8-6-18(12-20)7-9-19/h4-5,11-12,17H,3,6-10H2,1-2H3. The van der Waals surface area contributed by atoms with Crippen LogP contribution in [0.5, 0.6) is 0 Å². The number of hydrogen-bond acceptors (Lipinski definition) is 4. The number of hydrogen-bond donors (Lipinski definition) is 1. The summed E-state index contributed by atoms with van der Waals surface area (Å²) < 4.78 is 3.32. The molecule has 1 aliphatic rings. The molecule has 0 bridgehead atoms. The smallest absolute Gasteiger partial charge is 0.253 e. The van der Waals surface area contributed by atoms with Gasteiger partial charge in [0.2, 0.25) is 6.41 Å². The number of rotatable bonds is 6. The SMILES string of the molecule is CCCSNc1ccc(C(=O)N2CCN(C=O)CC2)cc1C. The molecule has 2 rings (SSSR count). The molecule has 22 heavy (non-hydrogen) atoms. The van der Waals surface area contributed by atoms with E-state index in [1.165, 1.54) is 0 Å². The molecule has 1 aromatic rings. The van der Waals surface area contributed by atoms with Crippen LogP contribution in [0.15, 0.2) is 18.2 Å². The van der Waals surface area contributed by atoms with Crippen molar-refractivity contribution in [1.29, 1.82) is 0 Å². The molecule has 1 fully saturated rings. The van der Waals surface area contributed by atoms with Gasteiger partial charge in [0.1, 0.15) is 0 Å². The van der Waals surface area contributed by atoms with Gasteiger partial charge in [-0.1, -0.05) is 18.9 Å². The van der Waals surface area contributed by atoms with Gasteiger partial charge in [0, 0.05) is 43.2 Å². The van der Waals surface area contributed by atoms with Crippen molar-refractivity contribution >= 4 is 30.0 Å². The molecule has 6 heteroatoms. The van der Waals surface area contributed by atoms with Crippen molar-refractivity contribution in [2.24, 2.45) is 0 Å². The zero-order chi connectivity index (χ0) is 15.9. The lowest BCUT2D eigenvalue weighted by molar-refractivity contribution is -0.119. The van der Waals surface area contributed by atoms with Crippen LogP contribution in [-0.2, 0) is 4.79 Å². The number of carbonyl (C=O) groups is 2. The van der Waals surface area contributed by atoms with E-state index in [1.54, 1.807) is 16.8 Å². The summed E-state index contributed by atoms with van der Waals surface area (Å²) in [4.78, 5) is 26.7. The van der Waals surface area contributed by atoms with Gasteiger partial charge < -0.3 is 14.5 Å². The van der Waals surface area contributed by atoms with Crippen molar-refractivity contribution in [1.82, 2.24) is 9.80 Å². The van der Waals surface area contributed by atoms with E-state index in [2.05, 4.69) is 11.6 Å². The van der Waals surface area contributed by atoms with Crippen LogP contribution in [0.3, 0.4) is 0 Å². The number of benzene rings is 1. The van der Waals surface area contributed by atoms with Crippen LogP contribution < -0.4 is 4.72 Å². The predicted molar refractivity (Wildman–Crippen MR) is 91.1 cm³/mol. The van der Waals surface area contributed by atoms with Crippen molar-refractivity contribution in [2.45, 2.75) is 20.3 Å². The first-order chi connectivity index (χ1) is 10.7. The molecule has 1 aliphatic heterocycles. The van der Waals surface area contributed by atoms with Gasteiger partial charge in [-0.05, 0) is 37.1 Å². The highest BCUT2D eigenvalue weighted by atomic mass is 32.2. The first kappa shape index (κ1) is 16.7. The fourth-order valence-corrected chi connectivity index (χ4v) is 3.05. The number of nitrogens with one attached hydrogen (secondary N) is 1. The monoisotopic (exact) mass is 321 g/mol. The summed E-state index contributed by atoms with van der Waals surface area (Å²) in [6.07, 6.45) is 1.97. The van der Waals surface area contributed by atoms with Gasteiger partial charge in [-0.25, -0.2) is 0 Å². The fourth-order valence-electron chi connectivity index (χ4n) is 2.36. The molecular formula is C16H23N3O2S. The molecule has 0 spiro atoms. The third kappa shape index (κ3) is 4.16. The Kier molecular flexibility index (Phi) is 6.12. The van der Waals surface area contributed by atoms with Crippen LogP contribution in [0.25, 0.3) is 0 Å². The van der Waals surface area contributed by atoms with Crippen LogP contribution in [0.1, 0.15) is 29.3 Å². The summed E-state index contributed by atoms with van der Waals surface area (Å²) in [5.41, 5.74) is 2.84. The number of carbonyl (C=O) groups excluding carboxylic acids is 2. The molecular weight excluding hydrogens is 298 g/mol. The molecule has 0 unspecified atom stereocenters. The molecule has 2 amide bonds. The number of anilines is 1. The van der Waals surface area contributed by atoms with Crippen LogP contribution in [-0.4, -0.2) is 54.0 Å². The van der Waals surface area contributed by atoms with Crippen molar-refractivity contribution in [3.8, 4) is 0 Å². The molecule has 1 heterocycles. The molecule has 1 aromatic carbocycles. The van der Waals surface area contributed by atoms with Gasteiger partial charge in [-0.3, -0.25) is 9.59 Å². The summed E-state index contributed by atoms with van der Waals surface area (Å²) in [5.74, 6) is 1.10. The van der Waals surface area contributed by atoms with E-state index in [0.29, 0.717) is 31.7 Å². The van der Waals surface area contributed by atoms with Gasteiger partial charge in [0.25, 0.3) is 5.91 Å². The first-order valence-corrected chi connectivity index (χ1v) is 8.61. The lowest BCUT2D eigenvalue weighted by Crippen LogP contribution is -2.48. The minimum atomic E-state index is 0.0430. The maximum Gasteiger partial charge on any atom is 0.253 e. The maximum absolute atomic E-state index is 12.5. The minimum Gasteiger partial charge on any atom is -0.342 e. The van der Waals surface area contributed by atoms with Crippen molar-refractivity contribution in [3.63, 3.8) is 0 Å². The third-order valence-electron chi connectivity index (χ3n) is 3.71. The van der Waals surface area contributed by atoms with Gasteiger partial charge >= 0.3 is 0 Å². The van der Waals surface area contributed by atoms with Crippen LogP contribution in [0.2, 0.25) is 0 Å². The predicted octanol–water partition coefficient (Wildman–Crippen LogP) is 2.38. The van der Waals surface area contributed by atoms with Crippen molar-refractivity contribution in [2.75, 3.05) is 36.7 Å². The van der Waals surface area contributed by atoms with Gasteiger partial charge in [-0.2, -0.15) is 0 Å². The Morgan fingerprint density at radius 3 is 2.64 bits per heavy atom. The lowest BCUT2D eigenvalue weighted by atomic mass is 10.1. The van der Waals surface area contributed by atoms with E-state index >= 15 is 0 Å². The van der Waals surface area contributed by atoms with Crippen LogP contribution in [0.4, 0.5) is 5.69 Å². The molecule has 5 nitrogen and oxygen atoms in total. The largest absolute Gasteiger partial charge is 0.342 e. The highest BCUT2D eigenvalue weighted by molar-refractivity contribution is 8.00. The second-order valence-corrected chi connectivity index (χ2v) is 6.31. The van der Waals surface area contributed by atoms with Gasteiger partial charge in [0.15, 0.2) is 0 Å². The van der Waals surface area contributed by atoms with Crippen LogP contribution >= 0.6 is 11.9 Å². The van der Waals surface area contributed by atoms with Crippen molar-refractivity contribution in [3.05, 3.63) is 29.3 Å². The quantitative estimate of drug-likeness (QED) is 0.496. The fraction of sp³-hybridized carbons (Fsp3) is 0.500. The van der Waals surface area contributed by atoms with E-state index in [-0.39, 0.29) is 5.91 Å². The molecule has 0 saturated carbocycles. The summed E-state index contributed by atoms with van der Waals surface area (Å²) in [5, 5.41) is 0. The van der Waals surface area contributed by atoms with E-state index in [4.69, 9.17) is 0 Å². The zero-order valence-electron chi connectivity index (χ0n) is 13.2. The van der Waals surface area contributed by atoms with E-state index < -0.39 is 0 Å². The number of amides is 2. The highest BCUT2D eigenvalue weighted by Gasteiger charge is 2.21. The summed E-state index contributed by atoms with van der Waals surface area (Å²) in [6.45, 7) is 6.58. The maximum atomic E-state index is 12.5. The topological polar surface area (TPSA) is 52.7 Å². The van der Waals surface area contributed by atoms with Gasteiger partial charge in [0.05, 0.1) is 0 Å². The van der Waals surface area contributed by atoms with E-state index in [1.807, 2.05) is 30.0 Å². The summed E-state index contributed by atoms with van der Waals surface area (Å²) >= 11 is 1.68. The normalized spacial score (nSPS) is 14.8. The Balaban J connectivity index is 1.98. The van der Waals surface area contributed by atoms with E-state index in [9.17, 15) is 9.59 Å². The summed E-state index contributed by atoms with van der Waals surface area (Å²) in [6, 6.07) is 5.77. The number of piperazine rings is 1. The Hall–Kier alpha value is -1.69. The number of aryl methyl sites for hydroxylation is 1. The average molecular weight is 321 g/mol. The van der Waals surface area contributed by atoms with Crippen molar-refractivity contribution < 1.29 is 9.59 Å². The molecule has 0 aromatic heterocycles. The summed E-state index contributed by atoms with van der Waals surface area (Å²) in [7, 11) is 0. The molecule has 0 radical (unpaired) electrons. The second kappa shape index (κ2) is 8.08. The Morgan fingerprint density at radius 1 is 1.32 bits per heavy atom. The van der Waals surface area contributed by atoms with E-state index in [0.717, 1.165) is 29.8 Å². The molecule has 1 saturated heterocycles. The molecule has 0 aliphatic carbocycles. The lowest BCUT2D eigenvalue weighted by Gasteiger charge is -2.32. The van der Waals surface area contributed by atoms with Crippen LogP contribution in [0, 0.1) is 6.92 Å². The molecule has 1 N–H and O–H groups in total. The Morgan fingerprint density at radius 2 is 2.05 bits per heavy atom. The Labute approximate surface area is 136 Å². The Bertz CT molecular complexity index is 528. The molecule has 120 valence electrons. The third-order valence-corrected chi connectivity index (χ3v) is 4.69. The van der Waals surface area contributed by atoms with Gasteiger partial charge in [-0.15, -0.1) is 0 Å². The minimum absolute atomic E-state index is 0.0430.